The first-order valence-electron chi connectivity index (χ1n) is 13.1. The van der Waals surface area contributed by atoms with E-state index in [4.69, 9.17) is 17.4 Å². The molecule has 2 saturated carbocycles. The molecule has 2 atom stereocenters. The van der Waals surface area contributed by atoms with E-state index >= 15 is 0 Å². The van der Waals surface area contributed by atoms with E-state index in [9.17, 15) is 0 Å². The molecular formula is C28H46OS. The van der Waals surface area contributed by atoms with Crippen LogP contribution in [0.4, 0.5) is 0 Å². The summed E-state index contributed by atoms with van der Waals surface area (Å²) in [6.45, 7) is 4.25. The van der Waals surface area contributed by atoms with Gasteiger partial charge in [0.2, 0.25) is 0 Å². The minimum Gasteiger partial charge on any atom is -0.360 e. The van der Waals surface area contributed by atoms with Crippen LogP contribution in [0.5, 0.6) is 0 Å². The monoisotopic (exact) mass is 430 g/mol. The lowest BCUT2D eigenvalue weighted by molar-refractivity contribution is -0.00240. The zero-order chi connectivity index (χ0) is 21.2. The summed E-state index contributed by atoms with van der Waals surface area (Å²) in [5, 5.41) is 0. The molecule has 170 valence electrons. The van der Waals surface area contributed by atoms with Crippen LogP contribution in [0.25, 0.3) is 0 Å². The molecule has 0 heterocycles. The summed E-state index contributed by atoms with van der Waals surface area (Å²) in [6, 6.07) is 8.90. The van der Waals surface area contributed by atoms with Crippen LogP contribution in [0.15, 0.2) is 24.3 Å². The molecule has 4 rings (SSSR count). The third-order valence-corrected chi connectivity index (χ3v) is 7.95. The summed E-state index contributed by atoms with van der Waals surface area (Å²) >= 11 is 4.99. The zero-order valence-corrected chi connectivity index (χ0v) is 20.6. The second-order valence-electron chi connectivity index (χ2n) is 10.1. The van der Waals surface area contributed by atoms with E-state index in [-0.39, 0.29) is 11.5 Å². The molecule has 2 unspecified atom stereocenters. The van der Waals surface area contributed by atoms with Crippen LogP contribution in [0, 0.1) is 17.8 Å². The lowest BCUT2D eigenvalue weighted by atomic mass is 9.68. The van der Waals surface area contributed by atoms with Crippen molar-refractivity contribution in [1.29, 1.82) is 0 Å². The third kappa shape index (κ3) is 7.02. The molecule has 3 aliphatic carbocycles. The van der Waals surface area contributed by atoms with Crippen LogP contribution in [-0.4, -0.2) is 5.44 Å². The van der Waals surface area contributed by atoms with E-state index in [1.807, 2.05) is 0 Å². The summed E-state index contributed by atoms with van der Waals surface area (Å²) in [6.07, 6.45) is 20.8. The number of ether oxygens (including phenoxy) is 1. The predicted octanol–water partition coefficient (Wildman–Crippen LogP) is 8.92. The van der Waals surface area contributed by atoms with Gasteiger partial charge in [-0.3, -0.25) is 0 Å². The fraction of sp³-hybridized carbons (Fsp3) is 0.786. The average Bonchev–Trinajstić information content (AvgIpc) is 2.79. The maximum Gasteiger partial charge on any atom is 0.101 e. The van der Waals surface area contributed by atoms with Crippen LogP contribution >= 0.6 is 12.6 Å². The lowest BCUT2D eigenvalue weighted by Crippen LogP contribution is -2.30. The van der Waals surface area contributed by atoms with Crippen molar-refractivity contribution >= 4 is 12.6 Å². The zero-order valence-electron chi connectivity index (χ0n) is 19.7. The van der Waals surface area contributed by atoms with E-state index < -0.39 is 0 Å². The van der Waals surface area contributed by atoms with Gasteiger partial charge in [0.15, 0.2) is 0 Å². The molecule has 1 nitrogen and oxygen atoms in total. The molecule has 1 aromatic rings. The van der Waals surface area contributed by atoms with Crippen molar-refractivity contribution in [2.45, 2.75) is 122 Å². The van der Waals surface area contributed by atoms with Gasteiger partial charge in [0.05, 0.1) is 6.10 Å². The topological polar surface area (TPSA) is 9.23 Å². The van der Waals surface area contributed by atoms with Gasteiger partial charge in [0.1, 0.15) is 5.44 Å². The number of rotatable bonds is 6. The molecule has 0 amide bonds. The van der Waals surface area contributed by atoms with Crippen LogP contribution in [0.1, 0.15) is 121 Å². The van der Waals surface area contributed by atoms with Crippen LogP contribution in [0.3, 0.4) is 0 Å². The van der Waals surface area contributed by atoms with Gasteiger partial charge in [-0.05, 0) is 54.6 Å². The molecule has 0 aromatic heterocycles. The molecule has 1 aromatic carbocycles. The quantitative estimate of drug-likeness (QED) is 0.350. The van der Waals surface area contributed by atoms with Crippen molar-refractivity contribution in [3.63, 3.8) is 0 Å². The second-order valence-corrected chi connectivity index (χ2v) is 10.6. The van der Waals surface area contributed by atoms with Gasteiger partial charge in [-0.25, -0.2) is 0 Å². The first kappa shape index (κ1) is 24.2. The van der Waals surface area contributed by atoms with Crippen LogP contribution < -0.4 is 0 Å². The van der Waals surface area contributed by atoms with E-state index in [2.05, 4.69) is 38.1 Å². The fourth-order valence-corrected chi connectivity index (χ4v) is 6.61. The highest BCUT2D eigenvalue weighted by Crippen LogP contribution is 2.44. The molecule has 30 heavy (non-hydrogen) atoms. The summed E-state index contributed by atoms with van der Waals surface area (Å²) in [5.74, 6) is 2.70. The average molecular weight is 431 g/mol. The van der Waals surface area contributed by atoms with Crippen molar-refractivity contribution in [2.24, 2.45) is 17.8 Å². The SMILES string of the molecule is CCC.SC(CC(C1CCCCC1)C1CCCCC1)OC1CCCc2ccccc21. The highest BCUT2D eigenvalue weighted by Gasteiger charge is 2.33. The largest absolute Gasteiger partial charge is 0.360 e. The molecule has 2 fully saturated rings. The third-order valence-electron chi connectivity index (χ3n) is 7.62. The van der Waals surface area contributed by atoms with Crippen molar-refractivity contribution in [3.05, 3.63) is 35.4 Å². The van der Waals surface area contributed by atoms with Gasteiger partial charge in [0.25, 0.3) is 0 Å². The maximum absolute atomic E-state index is 6.59. The van der Waals surface area contributed by atoms with Gasteiger partial charge in [-0.2, -0.15) is 0 Å². The van der Waals surface area contributed by atoms with Gasteiger partial charge < -0.3 is 4.74 Å². The lowest BCUT2D eigenvalue weighted by Gasteiger charge is -2.39. The Kier molecular flexibility index (Phi) is 10.6. The number of hydrogen-bond acceptors (Lipinski definition) is 2. The Hall–Kier alpha value is -0.470. The van der Waals surface area contributed by atoms with Gasteiger partial charge in [0, 0.05) is 0 Å². The van der Waals surface area contributed by atoms with Crippen LogP contribution in [0.2, 0.25) is 0 Å². The van der Waals surface area contributed by atoms with Crippen LogP contribution in [-0.2, 0) is 11.2 Å². The standard InChI is InChI=1S/C25H38OS.C3H8/c27-25(26-24-17-9-15-19-14-7-8-16-22(19)24)18-23(20-10-3-1-4-11-20)21-12-5-2-6-13-21;1-3-2/h7-8,14,16,20-21,23-25,27H,1-6,9-13,15,17-18H2;3H2,1-2H3. The first-order chi connectivity index (χ1) is 14.7. The van der Waals surface area contributed by atoms with Crippen molar-refractivity contribution in [3.8, 4) is 0 Å². The highest BCUT2D eigenvalue weighted by atomic mass is 32.1. The van der Waals surface area contributed by atoms with E-state index in [1.54, 1.807) is 0 Å². The predicted molar refractivity (Wildman–Crippen MR) is 133 cm³/mol. The molecule has 0 bridgehead atoms. The van der Waals surface area contributed by atoms with Crippen molar-refractivity contribution in [2.75, 3.05) is 0 Å². The molecule has 3 aliphatic rings. The van der Waals surface area contributed by atoms with E-state index in [0.29, 0.717) is 0 Å². The number of aryl methyl sites for hydroxylation is 1. The Labute approximate surface area is 192 Å². The summed E-state index contributed by atoms with van der Waals surface area (Å²) in [7, 11) is 0. The van der Waals surface area contributed by atoms with E-state index in [0.717, 1.165) is 30.6 Å². The smallest absolute Gasteiger partial charge is 0.101 e. The fourth-order valence-electron chi connectivity index (χ4n) is 6.22. The molecule has 0 aliphatic heterocycles. The molecule has 0 N–H and O–H groups in total. The van der Waals surface area contributed by atoms with E-state index in [1.165, 1.54) is 94.6 Å². The summed E-state index contributed by atoms with van der Waals surface area (Å²) in [4.78, 5) is 0. The first-order valence-corrected chi connectivity index (χ1v) is 13.7. The Balaban J connectivity index is 0.000000806. The Bertz CT molecular complexity index is 570. The van der Waals surface area contributed by atoms with Crippen molar-refractivity contribution in [1.82, 2.24) is 0 Å². The number of fused-ring (bicyclic) bond motifs is 1. The molecule has 0 radical (unpaired) electrons. The van der Waals surface area contributed by atoms with Gasteiger partial charge in [-0.15, -0.1) is 12.6 Å². The molecule has 2 heteroatoms. The normalized spacial score (nSPS) is 24.1. The molecule has 0 spiro atoms. The highest BCUT2D eigenvalue weighted by molar-refractivity contribution is 7.80. The minimum atomic E-state index is 0.0926. The minimum absolute atomic E-state index is 0.0926. The number of thiol groups is 1. The number of benzene rings is 1. The Morgan fingerprint density at radius 3 is 2.00 bits per heavy atom. The molecular weight excluding hydrogens is 384 g/mol. The van der Waals surface area contributed by atoms with Gasteiger partial charge >= 0.3 is 0 Å². The van der Waals surface area contributed by atoms with Gasteiger partial charge in [-0.1, -0.05) is 109 Å². The second kappa shape index (κ2) is 13.2. The maximum atomic E-state index is 6.59. The summed E-state index contributed by atoms with van der Waals surface area (Å²) < 4.78 is 6.59. The molecule has 0 saturated heterocycles. The Morgan fingerprint density at radius 2 is 1.40 bits per heavy atom. The van der Waals surface area contributed by atoms with Crippen molar-refractivity contribution < 1.29 is 4.74 Å². The Morgan fingerprint density at radius 1 is 0.833 bits per heavy atom. The number of hydrogen-bond donors (Lipinski definition) is 1. The summed E-state index contributed by atoms with van der Waals surface area (Å²) in [5.41, 5.74) is 3.01.